The first-order chi connectivity index (χ1) is 19.1. The van der Waals surface area contributed by atoms with E-state index in [9.17, 15) is 4.79 Å². The molecule has 0 radical (unpaired) electrons. The van der Waals surface area contributed by atoms with Crippen molar-refractivity contribution in [1.82, 2.24) is 10.2 Å². The van der Waals surface area contributed by atoms with Crippen LogP contribution in [0, 0.1) is 13.8 Å². The lowest BCUT2D eigenvalue weighted by atomic mass is 10.0. The molecule has 0 aliphatic carbocycles. The zero-order valence-corrected chi connectivity index (χ0v) is 25.5. The van der Waals surface area contributed by atoms with Crippen LogP contribution in [0.2, 0.25) is 0 Å². The molecule has 2 aromatic rings. The van der Waals surface area contributed by atoms with E-state index in [1.54, 1.807) is 11.8 Å². The number of carbonyl (C=O) groups excluding carboxylic acids is 1. The zero-order chi connectivity index (χ0) is 27.5. The Kier molecular flexibility index (Phi) is 15.7. The SMILES string of the molecule is Cc1ccc(Sc2ccccc2OC(=O)CCCCCCCCCCCCCCCN2CCNCC2)c(C)c1. The fraction of sp³-hybridized carbons (Fsp3) is 0.618. The minimum atomic E-state index is -0.118. The Labute approximate surface area is 242 Å². The second kappa shape index (κ2) is 19.3. The van der Waals surface area contributed by atoms with Crippen molar-refractivity contribution >= 4 is 17.7 Å². The number of hydrogen-bond acceptors (Lipinski definition) is 5. The van der Waals surface area contributed by atoms with Crippen LogP contribution in [-0.4, -0.2) is 43.6 Å². The first kappa shape index (κ1) is 31.7. The van der Waals surface area contributed by atoms with Gasteiger partial charge in [0.25, 0.3) is 0 Å². The molecular weight excluding hydrogens is 500 g/mol. The molecule has 1 N–H and O–H groups in total. The molecule has 1 heterocycles. The van der Waals surface area contributed by atoms with Crippen molar-refractivity contribution in [1.29, 1.82) is 0 Å². The predicted octanol–water partition coefficient (Wildman–Crippen LogP) is 8.73. The maximum atomic E-state index is 12.5. The average Bonchev–Trinajstić information content (AvgIpc) is 2.94. The number of piperazine rings is 1. The van der Waals surface area contributed by atoms with Crippen LogP contribution in [0.1, 0.15) is 101 Å². The number of nitrogens with one attached hydrogen (secondary N) is 1. The van der Waals surface area contributed by atoms with Gasteiger partial charge in [-0.3, -0.25) is 4.79 Å². The van der Waals surface area contributed by atoms with Crippen LogP contribution in [0.15, 0.2) is 52.3 Å². The van der Waals surface area contributed by atoms with Crippen LogP contribution >= 0.6 is 11.8 Å². The van der Waals surface area contributed by atoms with E-state index >= 15 is 0 Å². The molecule has 4 nitrogen and oxygen atoms in total. The molecule has 0 spiro atoms. The Morgan fingerprint density at radius 1 is 0.769 bits per heavy atom. The summed E-state index contributed by atoms with van der Waals surface area (Å²) in [4.78, 5) is 17.3. The molecule has 1 aliphatic heterocycles. The second-order valence-electron chi connectivity index (χ2n) is 11.2. The maximum absolute atomic E-state index is 12.5. The van der Waals surface area contributed by atoms with Gasteiger partial charge in [0, 0.05) is 37.5 Å². The molecule has 3 rings (SSSR count). The molecule has 0 unspecified atom stereocenters. The molecule has 0 atom stereocenters. The number of ether oxygens (including phenoxy) is 1. The van der Waals surface area contributed by atoms with Gasteiger partial charge < -0.3 is 15.0 Å². The Balaban J connectivity index is 1.14. The van der Waals surface area contributed by atoms with Gasteiger partial charge in [-0.25, -0.2) is 0 Å². The van der Waals surface area contributed by atoms with Crippen LogP contribution in [0.3, 0.4) is 0 Å². The summed E-state index contributed by atoms with van der Waals surface area (Å²) in [5, 5.41) is 3.43. The fourth-order valence-electron chi connectivity index (χ4n) is 5.31. The summed E-state index contributed by atoms with van der Waals surface area (Å²) in [6.45, 7) is 10.3. The molecule has 216 valence electrons. The maximum Gasteiger partial charge on any atom is 0.311 e. The van der Waals surface area contributed by atoms with Crippen LogP contribution in [0.25, 0.3) is 0 Å². The zero-order valence-electron chi connectivity index (χ0n) is 24.6. The van der Waals surface area contributed by atoms with Gasteiger partial charge in [0.2, 0.25) is 0 Å². The van der Waals surface area contributed by atoms with Crippen molar-refractivity contribution in [2.45, 2.75) is 114 Å². The third kappa shape index (κ3) is 13.4. The normalized spacial score (nSPS) is 14.0. The summed E-state index contributed by atoms with van der Waals surface area (Å²) >= 11 is 1.66. The molecule has 0 amide bonds. The molecule has 2 aromatic carbocycles. The monoisotopic (exact) mass is 552 g/mol. The van der Waals surface area contributed by atoms with E-state index in [4.69, 9.17) is 4.74 Å². The number of aryl methyl sites for hydroxylation is 2. The third-order valence-corrected chi connectivity index (χ3v) is 8.92. The molecular formula is C34H52N2O2S. The Morgan fingerprint density at radius 3 is 2.00 bits per heavy atom. The molecule has 0 bridgehead atoms. The van der Waals surface area contributed by atoms with E-state index in [0.29, 0.717) is 12.2 Å². The van der Waals surface area contributed by atoms with E-state index in [1.807, 2.05) is 24.3 Å². The standard InChI is InChI=1S/C34H52N2O2S/c1-29-21-22-32(30(2)28-29)39-33-19-16-15-18-31(33)38-34(37)20-14-12-10-8-6-4-3-5-7-9-11-13-17-25-36-26-23-35-24-27-36/h15-16,18-19,21-22,28,35H,3-14,17,20,23-27H2,1-2H3. The molecule has 0 aromatic heterocycles. The van der Waals surface area contributed by atoms with Crippen LogP contribution in [0.5, 0.6) is 5.75 Å². The lowest BCUT2D eigenvalue weighted by Crippen LogP contribution is -2.43. The van der Waals surface area contributed by atoms with Crippen LogP contribution in [-0.2, 0) is 4.79 Å². The number of para-hydroxylation sites is 1. The van der Waals surface area contributed by atoms with Gasteiger partial charge in [0.15, 0.2) is 0 Å². The second-order valence-corrected chi connectivity index (χ2v) is 12.3. The highest BCUT2D eigenvalue weighted by atomic mass is 32.2. The number of esters is 1. The minimum absolute atomic E-state index is 0.118. The van der Waals surface area contributed by atoms with Crippen molar-refractivity contribution in [3.8, 4) is 5.75 Å². The molecule has 1 fully saturated rings. The molecule has 1 aliphatic rings. The molecule has 39 heavy (non-hydrogen) atoms. The predicted molar refractivity (Wildman–Crippen MR) is 166 cm³/mol. The number of carbonyl (C=O) groups is 1. The molecule has 0 saturated carbocycles. The topological polar surface area (TPSA) is 41.6 Å². The van der Waals surface area contributed by atoms with E-state index in [1.165, 1.54) is 119 Å². The summed E-state index contributed by atoms with van der Waals surface area (Å²) in [6, 6.07) is 14.3. The Morgan fingerprint density at radius 2 is 1.36 bits per heavy atom. The van der Waals surface area contributed by atoms with Crippen LogP contribution < -0.4 is 10.1 Å². The highest BCUT2D eigenvalue weighted by Gasteiger charge is 2.12. The highest BCUT2D eigenvalue weighted by Crippen LogP contribution is 2.36. The van der Waals surface area contributed by atoms with Gasteiger partial charge in [-0.05, 0) is 57.0 Å². The van der Waals surface area contributed by atoms with Gasteiger partial charge >= 0.3 is 5.97 Å². The summed E-state index contributed by atoms with van der Waals surface area (Å²) in [5.41, 5.74) is 2.50. The number of hydrogen-bond donors (Lipinski definition) is 1. The van der Waals surface area contributed by atoms with Gasteiger partial charge in [-0.1, -0.05) is 112 Å². The summed E-state index contributed by atoms with van der Waals surface area (Å²) in [7, 11) is 0. The van der Waals surface area contributed by atoms with Gasteiger partial charge in [0.1, 0.15) is 5.75 Å². The first-order valence-corrected chi connectivity index (χ1v) is 16.4. The number of nitrogens with zero attached hydrogens (tertiary/aromatic N) is 1. The smallest absolute Gasteiger partial charge is 0.311 e. The summed E-state index contributed by atoms with van der Waals surface area (Å²) in [6.07, 6.45) is 17.5. The molecule has 1 saturated heterocycles. The third-order valence-electron chi connectivity index (χ3n) is 7.69. The summed E-state index contributed by atoms with van der Waals surface area (Å²) in [5.74, 6) is 0.551. The Bertz CT molecular complexity index is 958. The number of benzene rings is 2. The van der Waals surface area contributed by atoms with E-state index < -0.39 is 0 Å². The van der Waals surface area contributed by atoms with Crippen molar-refractivity contribution in [3.05, 3.63) is 53.6 Å². The van der Waals surface area contributed by atoms with E-state index in [0.717, 1.165) is 17.7 Å². The van der Waals surface area contributed by atoms with E-state index in [-0.39, 0.29) is 5.97 Å². The van der Waals surface area contributed by atoms with Crippen molar-refractivity contribution < 1.29 is 9.53 Å². The summed E-state index contributed by atoms with van der Waals surface area (Å²) < 4.78 is 5.76. The van der Waals surface area contributed by atoms with Gasteiger partial charge in [-0.15, -0.1) is 0 Å². The average molecular weight is 553 g/mol. The fourth-order valence-corrected chi connectivity index (χ4v) is 6.26. The lowest BCUT2D eigenvalue weighted by Gasteiger charge is -2.27. The van der Waals surface area contributed by atoms with Crippen LogP contribution in [0.4, 0.5) is 0 Å². The van der Waals surface area contributed by atoms with Crippen molar-refractivity contribution in [2.75, 3.05) is 32.7 Å². The number of rotatable bonds is 19. The number of unbranched alkanes of at least 4 members (excludes halogenated alkanes) is 12. The quantitative estimate of drug-likeness (QED) is 0.107. The van der Waals surface area contributed by atoms with Crippen molar-refractivity contribution in [2.24, 2.45) is 0 Å². The van der Waals surface area contributed by atoms with Gasteiger partial charge in [0.05, 0.1) is 4.90 Å². The lowest BCUT2D eigenvalue weighted by molar-refractivity contribution is -0.134. The largest absolute Gasteiger partial charge is 0.425 e. The van der Waals surface area contributed by atoms with E-state index in [2.05, 4.69) is 42.3 Å². The minimum Gasteiger partial charge on any atom is -0.425 e. The Hall–Kier alpha value is -1.82. The molecule has 5 heteroatoms. The highest BCUT2D eigenvalue weighted by molar-refractivity contribution is 7.99. The van der Waals surface area contributed by atoms with Crippen molar-refractivity contribution in [3.63, 3.8) is 0 Å². The first-order valence-electron chi connectivity index (χ1n) is 15.6. The van der Waals surface area contributed by atoms with Gasteiger partial charge in [-0.2, -0.15) is 0 Å².